The third-order valence-corrected chi connectivity index (χ3v) is 5.01. The van der Waals surface area contributed by atoms with Crippen LogP contribution in [0.1, 0.15) is 24.5 Å². The molecule has 158 valence electrons. The van der Waals surface area contributed by atoms with Crippen molar-refractivity contribution in [3.8, 4) is 5.75 Å². The summed E-state index contributed by atoms with van der Waals surface area (Å²) in [5, 5.41) is 2.78. The van der Waals surface area contributed by atoms with Crippen LogP contribution in [0.25, 0.3) is 0 Å². The van der Waals surface area contributed by atoms with Crippen LogP contribution < -0.4 is 15.0 Å². The van der Waals surface area contributed by atoms with Crippen molar-refractivity contribution >= 4 is 29.2 Å². The van der Waals surface area contributed by atoms with Gasteiger partial charge in [-0.3, -0.25) is 14.4 Å². The molecule has 1 saturated heterocycles. The number of carbonyl (C=O) groups excluding carboxylic acids is 3. The standard InChI is InChI=1S/C23H26N2O5/c1-4-29-19-11-6-5-10-18(19)25-13-17(12-21(25)27)23(28)30-14-20(26)24-22-15(2)8-7-9-16(22)3/h5-11,17H,4,12-14H2,1-3H3,(H,24,26)/t17-/m0/s1. The molecule has 0 bridgehead atoms. The molecule has 2 aromatic rings. The van der Waals surface area contributed by atoms with Crippen molar-refractivity contribution in [3.05, 3.63) is 53.6 Å². The average Bonchev–Trinajstić information content (AvgIpc) is 3.11. The quantitative estimate of drug-likeness (QED) is 0.709. The van der Waals surface area contributed by atoms with Crippen LogP contribution in [0.2, 0.25) is 0 Å². The Morgan fingerprint density at radius 2 is 1.80 bits per heavy atom. The number of amides is 2. The lowest BCUT2D eigenvalue weighted by Crippen LogP contribution is -2.28. The van der Waals surface area contributed by atoms with E-state index in [1.165, 1.54) is 4.90 Å². The smallest absolute Gasteiger partial charge is 0.311 e. The van der Waals surface area contributed by atoms with Crippen molar-refractivity contribution in [1.29, 1.82) is 0 Å². The maximum Gasteiger partial charge on any atom is 0.311 e. The first-order valence-electron chi connectivity index (χ1n) is 9.95. The van der Waals surface area contributed by atoms with E-state index in [1.54, 1.807) is 12.1 Å². The van der Waals surface area contributed by atoms with Gasteiger partial charge >= 0.3 is 5.97 Å². The van der Waals surface area contributed by atoms with E-state index in [-0.39, 0.29) is 18.9 Å². The van der Waals surface area contributed by atoms with Crippen molar-refractivity contribution in [2.75, 3.05) is 30.0 Å². The van der Waals surface area contributed by atoms with Gasteiger partial charge in [-0.15, -0.1) is 0 Å². The van der Waals surface area contributed by atoms with Crippen molar-refractivity contribution < 1.29 is 23.9 Å². The molecule has 0 spiro atoms. The third kappa shape index (κ3) is 4.79. The number of benzene rings is 2. The van der Waals surface area contributed by atoms with Crippen LogP contribution in [0.4, 0.5) is 11.4 Å². The lowest BCUT2D eigenvalue weighted by Gasteiger charge is -2.20. The van der Waals surface area contributed by atoms with Crippen molar-refractivity contribution in [1.82, 2.24) is 0 Å². The highest BCUT2D eigenvalue weighted by atomic mass is 16.5. The van der Waals surface area contributed by atoms with E-state index in [0.29, 0.717) is 23.7 Å². The highest BCUT2D eigenvalue weighted by Gasteiger charge is 2.37. The molecule has 2 amide bonds. The maximum atomic E-state index is 12.5. The molecular weight excluding hydrogens is 384 g/mol. The minimum atomic E-state index is -0.625. The molecule has 30 heavy (non-hydrogen) atoms. The van der Waals surface area contributed by atoms with Crippen LogP contribution in [0, 0.1) is 19.8 Å². The van der Waals surface area contributed by atoms with Gasteiger partial charge in [-0.1, -0.05) is 30.3 Å². The maximum absolute atomic E-state index is 12.5. The normalized spacial score (nSPS) is 15.8. The van der Waals surface area contributed by atoms with Gasteiger partial charge in [0.25, 0.3) is 5.91 Å². The summed E-state index contributed by atoms with van der Waals surface area (Å²) < 4.78 is 10.8. The van der Waals surface area contributed by atoms with Crippen LogP contribution in [0.3, 0.4) is 0 Å². The second kappa shape index (κ2) is 9.43. The van der Waals surface area contributed by atoms with E-state index in [4.69, 9.17) is 9.47 Å². The van der Waals surface area contributed by atoms with Crippen LogP contribution in [0.5, 0.6) is 5.75 Å². The van der Waals surface area contributed by atoms with Gasteiger partial charge in [-0.25, -0.2) is 0 Å². The number of nitrogens with zero attached hydrogens (tertiary/aromatic N) is 1. The number of para-hydroxylation sites is 3. The highest BCUT2D eigenvalue weighted by molar-refractivity contribution is 6.01. The predicted molar refractivity (Wildman–Crippen MR) is 114 cm³/mol. The minimum Gasteiger partial charge on any atom is -0.492 e. The van der Waals surface area contributed by atoms with Gasteiger partial charge < -0.3 is 19.7 Å². The molecule has 2 aromatic carbocycles. The highest BCUT2D eigenvalue weighted by Crippen LogP contribution is 2.33. The van der Waals surface area contributed by atoms with Crippen LogP contribution in [-0.4, -0.2) is 37.5 Å². The molecule has 7 nitrogen and oxygen atoms in total. The van der Waals surface area contributed by atoms with Gasteiger partial charge in [-0.2, -0.15) is 0 Å². The predicted octanol–water partition coefficient (Wildman–Crippen LogP) is 3.24. The number of nitrogens with one attached hydrogen (secondary N) is 1. The fourth-order valence-corrected chi connectivity index (χ4v) is 3.50. The topological polar surface area (TPSA) is 84.9 Å². The first-order chi connectivity index (χ1) is 14.4. The number of aryl methyl sites for hydroxylation is 2. The van der Waals surface area contributed by atoms with Gasteiger partial charge in [0.15, 0.2) is 6.61 Å². The molecule has 3 rings (SSSR count). The second-order valence-corrected chi connectivity index (χ2v) is 7.23. The lowest BCUT2D eigenvalue weighted by molar-refractivity contribution is -0.151. The molecule has 0 saturated carbocycles. The zero-order chi connectivity index (χ0) is 21.7. The molecule has 1 aliphatic heterocycles. The summed E-state index contributed by atoms with van der Waals surface area (Å²) in [6.45, 7) is 5.93. The fraction of sp³-hybridized carbons (Fsp3) is 0.348. The molecule has 1 fully saturated rings. The number of esters is 1. The molecule has 1 heterocycles. The summed E-state index contributed by atoms with van der Waals surface area (Å²) in [6, 6.07) is 12.9. The Morgan fingerprint density at radius 3 is 2.50 bits per heavy atom. The van der Waals surface area contributed by atoms with Crippen molar-refractivity contribution in [2.45, 2.75) is 27.2 Å². The Kier molecular flexibility index (Phi) is 6.72. The summed E-state index contributed by atoms with van der Waals surface area (Å²) in [4.78, 5) is 38.7. The van der Waals surface area contributed by atoms with Crippen molar-refractivity contribution in [2.24, 2.45) is 5.92 Å². The minimum absolute atomic E-state index is 0.0395. The monoisotopic (exact) mass is 410 g/mol. The van der Waals surface area contributed by atoms with Crippen LogP contribution >= 0.6 is 0 Å². The second-order valence-electron chi connectivity index (χ2n) is 7.23. The van der Waals surface area contributed by atoms with E-state index >= 15 is 0 Å². The number of carbonyl (C=O) groups is 3. The molecule has 7 heteroatoms. The number of anilines is 2. The molecule has 1 atom stereocenters. The average molecular weight is 410 g/mol. The Hall–Kier alpha value is -3.35. The van der Waals surface area contributed by atoms with E-state index in [9.17, 15) is 14.4 Å². The van der Waals surface area contributed by atoms with E-state index in [1.807, 2.05) is 51.1 Å². The Morgan fingerprint density at radius 1 is 1.10 bits per heavy atom. The van der Waals surface area contributed by atoms with Gasteiger partial charge in [0.05, 0.1) is 18.2 Å². The zero-order valence-electron chi connectivity index (χ0n) is 17.4. The number of hydrogen-bond donors (Lipinski definition) is 1. The number of hydrogen-bond acceptors (Lipinski definition) is 5. The lowest BCUT2D eigenvalue weighted by atomic mass is 10.1. The third-order valence-electron chi connectivity index (χ3n) is 5.01. The molecule has 0 radical (unpaired) electrons. The largest absolute Gasteiger partial charge is 0.492 e. The summed E-state index contributed by atoms with van der Waals surface area (Å²) >= 11 is 0. The summed E-state index contributed by atoms with van der Waals surface area (Å²) in [5.74, 6) is -1.18. The van der Waals surface area contributed by atoms with Gasteiger partial charge in [-0.05, 0) is 44.0 Å². The summed E-state index contributed by atoms with van der Waals surface area (Å²) in [7, 11) is 0. The van der Waals surface area contributed by atoms with Gasteiger partial charge in [0.2, 0.25) is 5.91 Å². The fourth-order valence-electron chi connectivity index (χ4n) is 3.50. The van der Waals surface area contributed by atoms with Crippen LogP contribution in [0.15, 0.2) is 42.5 Å². The zero-order valence-corrected chi connectivity index (χ0v) is 17.4. The summed E-state index contributed by atoms with van der Waals surface area (Å²) in [6.07, 6.45) is 0.0395. The summed E-state index contributed by atoms with van der Waals surface area (Å²) in [5.41, 5.74) is 3.21. The molecule has 0 aliphatic carbocycles. The van der Waals surface area contributed by atoms with Crippen LogP contribution in [-0.2, 0) is 19.1 Å². The molecular formula is C23H26N2O5. The molecule has 0 unspecified atom stereocenters. The SMILES string of the molecule is CCOc1ccccc1N1C[C@@H](C(=O)OCC(=O)Nc2c(C)cccc2C)CC1=O. The number of rotatable bonds is 7. The Labute approximate surface area is 176 Å². The molecule has 1 aliphatic rings. The molecule has 1 N–H and O–H groups in total. The molecule has 0 aromatic heterocycles. The first-order valence-corrected chi connectivity index (χ1v) is 9.95. The Bertz CT molecular complexity index is 936. The van der Waals surface area contributed by atoms with E-state index < -0.39 is 24.4 Å². The number of ether oxygens (including phenoxy) is 2. The van der Waals surface area contributed by atoms with Gasteiger partial charge in [0, 0.05) is 18.7 Å². The van der Waals surface area contributed by atoms with E-state index in [0.717, 1.165) is 11.1 Å². The van der Waals surface area contributed by atoms with Gasteiger partial charge in [0.1, 0.15) is 5.75 Å². The Balaban J connectivity index is 1.58. The first kappa shape index (κ1) is 21.4. The van der Waals surface area contributed by atoms with Crippen molar-refractivity contribution in [3.63, 3.8) is 0 Å². The van der Waals surface area contributed by atoms with E-state index in [2.05, 4.69) is 5.32 Å².